The second kappa shape index (κ2) is 16.1. The average Bonchev–Trinajstić information content (AvgIpc) is 3.81. The van der Waals surface area contributed by atoms with E-state index in [4.69, 9.17) is 14.7 Å². The number of hydrogen-bond acceptors (Lipinski definition) is 4. The fourth-order valence-electron chi connectivity index (χ4n) is 10.2. The molecule has 63 heavy (non-hydrogen) atoms. The van der Waals surface area contributed by atoms with Gasteiger partial charge in [0.2, 0.25) is 0 Å². The van der Waals surface area contributed by atoms with Crippen LogP contribution < -0.4 is 4.74 Å². The Kier molecular flexibility index (Phi) is 9.55. The summed E-state index contributed by atoms with van der Waals surface area (Å²) in [6.45, 7) is 4.59. The summed E-state index contributed by atoms with van der Waals surface area (Å²) in [7, 11) is 0. The van der Waals surface area contributed by atoms with Crippen LogP contribution in [0.15, 0.2) is 195 Å². The number of fused-ring (bicyclic) bond motifs is 2. The first kappa shape index (κ1) is 37.3. The van der Waals surface area contributed by atoms with E-state index in [1.54, 1.807) is 12.7 Å². The predicted molar refractivity (Wildman–Crippen MR) is 258 cm³/mol. The molecule has 0 N–H and O–H groups in total. The second-order valence-corrected chi connectivity index (χ2v) is 17.2. The molecule has 8 aromatic carbocycles. The molecule has 0 radical (unpaired) electrons. The maximum Gasteiger partial charge on any atom is 0.163 e. The SMILES string of the molecule is [2H]C1(c2ccc3c(c2-c2cccc(-c4c(-c5ccccc5)c(-c5ccccc5)c(-c5ncncn5)c(-c5ccccc5)c4-c4ccccc4)c2)Oc2ccccc2C3(C)C)CCCC1. The van der Waals surface area contributed by atoms with Crippen LogP contribution in [0, 0.1) is 0 Å². The van der Waals surface area contributed by atoms with Crippen molar-refractivity contribution in [1.82, 2.24) is 15.0 Å². The molecule has 1 aliphatic heterocycles. The van der Waals surface area contributed by atoms with Crippen LogP contribution in [-0.2, 0) is 5.41 Å². The van der Waals surface area contributed by atoms with Gasteiger partial charge in [-0.15, -0.1) is 0 Å². The molecule has 1 fully saturated rings. The summed E-state index contributed by atoms with van der Waals surface area (Å²) < 4.78 is 17.2. The van der Waals surface area contributed by atoms with E-state index in [1.807, 2.05) is 0 Å². The molecule has 0 bridgehead atoms. The lowest BCUT2D eigenvalue weighted by molar-refractivity contribution is 0.418. The molecule has 304 valence electrons. The first-order valence-corrected chi connectivity index (χ1v) is 22.0. The lowest BCUT2D eigenvalue weighted by Gasteiger charge is -2.36. The highest BCUT2D eigenvalue weighted by Gasteiger charge is 2.38. The quantitative estimate of drug-likeness (QED) is 0.153. The number of aromatic nitrogens is 3. The smallest absolute Gasteiger partial charge is 0.163 e. The summed E-state index contributed by atoms with van der Waals surface area (Å²) >= 11 is 0. The molecule has 0 unspecified atom stereocenters. The average molecular weight is 815 g/mol. The molecule has 1 aliphatic carbocycles. The Labute approximate surface area is 371 Å². The Hall–Kier alpha value is -7.43. The lowest BCUT2D eigenvalue weighted by Crippen LogP contribution is -2.25. The number of ether oxygens (including phenoxy) is 1. The van der Waals surface area contributed by atoms with Crippen LogP contribution in [0.4, 0.5) is 0 Å². The molecule has 11 rings (SSSR count). The molecule has 4 nitrogen and oxygen atoms in total. The molecule has 1 saturated carbocycles. The summed E-state index contributed by atoms with van der Waals surface area (Å²) in [4.78, 5) is 14.1. The minimum atomic E-state index is -0.734. The van der Waals surface area contributed by atoms with Crippen LogP contribution >= 0.6 is 0 Å². The number of rotatable bonds is 8. The van der Waals surface area contributed by atoms with E-state index in [9.17, 15) is 1.37 Å². The topological polar surface area (TPSA) is 47.9 Å². The third-order valence-corrected chi connectivity index (χ3v) is 13.1. The Morgan fingerprint density at radius 1 is 0.460 bits per heavy atom. The number of para-hydroxylation sites is 1. The van der Waals surface area contributed by atoms with Gasteiger partial charge in [0, 0.05) is 40.2 Å². The van der Waals surface area contributed by atoms with Crippen molar-refractivity contribution < 1.29 is 6.11 Å². The molecule has 0 spiro atoms. The molecule has 4 heteroatoms. The molecule has 0 saturated heterocycles. The van der Waals surface area contributed by atoms with Crippen molar-refractivity contribution in [1.29, 1.82) is 0 Å². The summed E-state index contributed by atoms with van der Waals surface area (Å²) in [5.41, 5.74) is 16.6. The highest BCUT2D eigenvalue weighted by atomic mass is 16.5. The zero-order valence-electron chi connectivity index (χ0n) is 36.6. The first-order valence-electron chi connectivity index (χ1n) is 22.5. The third-order valence-electron chi connectivity index (χ3n) is 13.1. The molecule has 9 aromatic rings. The number of hydrogen-bond donors (Lipinski definition) is 0. The van der Waals surface area contributed by atoms with E-state index in [0.717, 1.165) is 126 Å². The van der Waals surface area contributed by atoms with Gasteiger partial charge in [-0.05, 0) is 86.5 Å². The molecule has 2 heterocycles. The maximum absolute atomic E-state index is 10.1. The first-order chi connectivity index (χ1) is 31.4. The Morgan fingerprint density at radius 3 is 1.44 bits per heavy atom. The monoisotopic (exact) mass is 814 g/mol. The minimum Gasteiger partial charge on any atom is -0.456 e. The molecule has 0 amide bonds. The van der Waals surface area contributed by atoms with E-state index >= 15 is 0 Å². The highest BCUT2D eigenvalue weighted by molar-refractivity contribution is 6.14. The van der Waals surface area contributed by atoms with Gasteiger partial charge < -0.3 is 4.74 Å². The zero-order valence-corrected chi connectivity index (χ0v) is 35.6. The fourth-order valence-corrected chi connectivity index (χ4v) is 10.2. The molecule has 1 aromatic heterocycles. The van der Waals surface area contributed by atoms with Gasteiger partial charge in [-0.1, -0.05) is 197 Å². The fraction of sp³-hybridized carbons (Fsp3) is 0.136. The van der Waals surface area contributed by atoms with Gasteiger partial charge in [0.25, 0.3) is 0 Å². The van der Waals surface area contributed by atoms with Crippen molar-refractivity contribution in [3.05, 3.63) is 211 Å². The van der Waals surface area contributed by atoms with Crippen LogP contribution in [0.25, 0.3) is 78.1 Å². The molecule has 2 aliphatic rings. The van der Waals surface area contributed by atoms with E-state index in [2.05, 4.69) is 201 Å². The van der Waals surface area contributed by atoms with Gasteiger partial charge in [-0.25, -0.2) is 15.0 Å². The summed E-state index contributed by atoms with van der Waals surface area (Å²) in [6, 6.07) is 64.7. The van der Waals surface area contributed by atoms with E-state index < -0.39 is 5.89 Å². The van der Waals surface area contributed by atoms with Gasteiger partial charge in [-0.2, -0.15) is 0 Å². The lowest BCUT2D eigenvalue weighted by atomic mass is 9.73. The van der Waals surface area contributed by atoms with Crippen molar-refractivity contribution in [2.45, 2.75) is 50.8 Å². The normalized spacial score (nSPS) is 14.9. The van der Waals surface area contributed by atoms with Crippen molar-refractivity contribution in [2.24, 2.45) is 0 Å². The van der Waals surface area contributed by atoms with Gasteiger partial charge >= 0.3 is 0 Å². The number of benzene rings is 8. The second-order valence-electron chi connectivity index (χ2n) is 17.2. The van der Waals surface area contributed by atoms with Gasteiger partial charge in [-0.3, -0.25) is 0 Å². The summed E-state index contributed by atoms with van der Waals surface area (Å²) in [6.07, 6.45) is 6.89. The van der Waals surface area contributed by atoms with Crippen LogP contribution in [-0.4, -0.2) is 15.0 Å². The van der Waals surface area contributed by atoms with Gasteiger partial charge in [0.1, 0.15) is 24.2 Å². The Balaban J connectivity index is 1.31. The standard InChI is InChI=1S/C59H47N3O/c1-59(2)47-32-17-18-33-49(47)63-57-48(59)35-34-46(39-20-15-16-21-39)50(57)44-30-19-31-45(36-44)55-51(40-22-7-3-8-23-40)53(42-26-11-5-12-27-42)56(58-61-37-60-38-62-58)54(43-28-13-6-14-29-43)52(55)41-24-9-4-10-25-41/h3-14,17-19,22-39H,15-16,20-21H2,1-2H3/i39D. The highest BCUT2D eigenvalue weighted by Crippen LogP contribution is 2.57. The molecule has 0 atom stereocenters. The largest absolute Gasteiger partial charge is 0.456 e. The van der Waals surface area contributed by atoms with Gasteiger partial charge in [0.05, 0.1) is 0 Å². The Bertz CT molecular complexity index is 3040. The molecular weight excluding hydrogens is 767 g/mol. The van der Waals surface area contributed by atoms with E-state index in [0.29, 0.717) is 5.82 Å². The van der Waals surface area contributed by atoms with Crippen LogP contribution in [0.3, 0.4) is 0 Å². The van der Waals surface area contributed by atoms with Crippen LogP contribution in [0.2, 0.25) is 0 Å². The minimum absolute atomic E-state index is 0.319. The zero-order chi connectivity index (χ0) is 43.3. The van der Waals surface area contributed by atoms with Gasteiger partial charge in [0.15, 0.2) is 5.82 Å². The summed E-state index contributed by atoms with van der Waals surface area (Å²) in [5.74, 6) is 1.58. The number of nitrogens with zero attached hydrogens (tertiary/aromatic N) is 3. The third kappa shape index (κ3) is 6.74. The maximum atomic E-state index is 10.1. The van der Waals surface area contributed by atoms with Crippen LogP contribution in [0.1, 0.15) is 63.5 Å². The summed E-state index contributed by atoms with van der Waals surface area (Å²) in [5, 5.41) is 0. The van der Waals surface area contributed by atoms with E-state index in [1.165, 1.54) is 0 Å². The van der Waals surface area contributed by atoms with Crippen molar-refractivity contribution in [3.8, 4) is 89.6 Å². The van der Waals surface area contributed by atoms with Crippen molar-refractivity contribution >= 4 is 0 Å². The molecular formula is C59H47N3O. The van der Waals surface area contributed by atoms with Crippen molar-refractivity contribution in [3.63, 3.8) is 0 Å². The Morgan fingerprint density at radius 2 is 0.905 bits per heavy atom. The predicted octanol–water partition coefficient (Wildman–Crippen LogP) is 15.6. The van der Waals surface area contributed by atoms with E-state index in [-0.39, 0.29) is 5.41 Å². The van der Waals surface area contributed by atoms with Crippen molar-refractivity contribution in [2.75, 3.05) is 0 Å². The van der Waals surface area contributed by atoms with Crippen LogP contribution in [0.5, 0.6) is 11.5 Å².